The van der Waals surface area contributed by atoms with E-state index in [1.165, 1.54) is 0 Å². The summed E-state index contributed by atoms with van der Waals surface area (Å²) in [6, 6.07) is 5.51. The van der Waals surface area contributed by atoms with Crippen molar-refractivity contribution >= 4 is 24.0 Å². The lowest BCUT2D eigenvalue weighted by Gasteiger charge is -2.06. The molecule has 68 valence electrons. The molecule has 1 aromatic rings. The summed E-state index contributed by atoms with van der Waals surface area (Å²) in [5.41, 5.74) is 2.50. The standard InChI is InChI=1S/C11H12OS/c1-7(2)10-5-4-9(13)6-11(10)8(3)12/h4-6,13H,1H2,2-3H3. The number of allylic oxidation sites excluding steroid dienone is 1. The van der Waals surface area contributed by atoms with E-state index in [4.69, 9.17) is 0 Å². The second-order valence-electron chi connectivity index (χ2n) is 3.07. The monoisotopic (exact) mass is 192 g/mol. The molecule has 2 heteroatoms. The van der Waals surface area contributed by atoms with Gasteiger partial charge in [-0.2, -0.15) is 0 Å². The fourth-order valence-electron chi connectivity index (χ4n) is 1.20. The number of hydrogen-bond acceptors (Lipinski definition) is 2. The number of hydrogen-bond donors (Lipinski definition) is 1. The average Bonchev–Trinajstić information content (AvgIpc) is 2.03. The quantitative estimate of drug-likeness (QED) is 0.562. The number of Topliss-reactive ketones (excluding diaryl/α,β-unsaturated/α-hetero) is 1. The van der Waals surface area contributed by atoms with Gasteiger partial charge in [0.15, 0.2) is 5.78 Å². The van der Waals surface area contributed by atoms with Crippen LogP contribution in [0.2, 0.25) is 0 Å². The number of ketones is 1. The van der Waals surface area contributed by atoms with E-state index in [1.807, 2.05) is 19.1 Å². The first-order valence-corrected chi connectivity index (χ1v) is 4.47. The molecule has 0 unspecified atom stereocenters. The lowest BCUT2D eigenvalue weighted by molar-refractivity contribution is 0.101. The zero-order valence-corrected chi connectivity index (χ0v) is 8.69. The average molecular weight is 192 g/mol. The van der Waals surface area contributed by atoms with Gasteiger partial charge in [-0.1, -0.05) is 18.2 Å². The van der Waals surface area contributed by atoms with Crippen molar-refractivity contribution in [2.24, 2.45) is 0 Å². The molecule has 1 aromatic carbocycles. The second kappa shape index (κ2) is 3.79. The van der Waals surface area contributed by atoms with Crippen molar-refractivity contribution in [1.29, 1.82) is 0 Å². The molecule has 0 heterocycles. The van der Waals surface area contributed by atoms with Gasteiger partial charge >= 0.3 is 0 Å². The zero-order valence-electron chi connectivity index (χ0n) is 7.79. The molecule has 0 spiro atoms. The van der Waals surface area contributed by atoms with Crippen LogP contribution < -0.4 is 0 Å². The first-order valence-electron chi connectivity index (χ1n) is 4.02. The molecule has 1 rings (SSSR count). The largest absolute Gasteiger partial charge is 0.294 e. The van der Waals surface area contributed by atoms with Crippen molar-refractivity contribution in [3.8, 4) is 0 Å². The van der Waals surface area contributed by atoms with Crippen LogP contribution in [0.3, 0.4) is 0 Å². The van der Waals surface area contributed by atoms with E-state index in [0.717, 1.165) is 16.0 Å². The molecule has 0 radical (unpaired) electrons. The minimum atomic E-state index is 0.0499. The van der Waals surface area contributed by atoms with Crippen LogP contribution in [0, 0.1) is 0 Å². The van der Waals surface area contributed by atoms with Crippen molar-refractivity contribution < 1.29 is 4.79 Å². The molecule has 0 aliphatic carbocycles. The maximum absolute atomic E-state index is 11.2. The van der Waals surface area contributed by atoms with E-state index in [1.54, 1.807) is 13.0 Å². The predicted octanol–water partition coefficient (Wildman–Crippen LogP) is 3.21. The molecule has 1 nitrogen and oxygen atoms in total. The smallest absolute Gasteiger partial charge is 0.160 e. The van der Waals surface area contributed by atoms with E-state index in [9.17, 15) is 4.79 Å². The lowest BCUT2D eigenvalue weighted by atomic mass is 10.00. The third-order valence-electron chi connectivity index (χ3n) is 1.84. The highest BCUT2D eigenvalue weighted by atomic mass is 32.1. The van der Waals surface area contributed by atoms with Gasteiger partial charge in [0.25, 0.3) is 0 Å². The van der Waals surface area contributed by atoms with Crippen LogP contribution in [0.1, 0.15) is 29.8 Å². The van der Waals surface area contributed by atoms with Crippen LogP contribution >= 0.6 is 12.6 Å². The van der Waals surface area contributed by atoms with E-state index in [2.05, 4.69) is 19.2 Å². The van der Waals surface area contributed by atoms with Gasteiger partial charge < -0.3 is 0 Å². The van der Waals surface area contributed by atoms with Crippen LogP contribution in [-0.4, -0.2) is 5.78 Å². The van der Waals surface area contributed by atoms with Crippen molar-refractivity contribution in [1.82, 2.24) is 0 Å². The highest BCUT2D eigenvalue weighted by Gasteiger charge is 2.07. The van der Waals surface area contributed by atoms with Crippen LogP contribution in [0.15, 0.2) is 29.7 Å². The van der Waals surface area contributed by atoms with Crippen molar-refractivity contribution in [2.75, 3.05) is 0 Å². The molecule has 0 aromatic heterocycles. The Morgan fingerprint density at radius 1 is 1.31 bits per heavy atom. The summed E-state index contributed by atoms with van der Waals surface area (Å²) in [5, 5.41) is 0. The molecule has 0 fully saturated rings. The van der Waals surface area contributed by atoms with Gasteiger partial charge in [0.2, 0.25) is 0 Å². The highest BCUT2D eigenvalue weighted by Crippen LogP contribution is 2.21. The summed E-state index contributed by atoms with van der Waals surface area (Å²) in [4.78, 5) is 12.0. The predicted molar refractivity (Wildman–Crippen MR) is 58.4 cm³/mol. The Kier molecular flexibility index (Phi) is 2.94. The number of rotatable bonds is 2. The Morgan fingerprint density at radius 3 is 2.38 bits per heavy atom. The Hall–Kier alpha value is -1.02. The molecule has 0 aliphatic rings. The molecular weight excluding hydrogens is 180 g/mol. The summed E-state index contributed by atoms with van der Waals surface area (Å²) < 4.78 is 0. The first kappa shape index (κ1) is 10.1. The third kappa shape index (κ3) is 2.22. The van der Waals surface area contributed by atoms with Gasteiger partial charge in [-0.25, -0.2) is 0 Å². The first-order chi connectivity index (χ1) is 6.02. The van der Waals surface area contributed by atoms with E-state index in [0.29, 0.717) is 5.56 Å². The van der Waals surface area contributed by atoms with Gasteiger partial charge in [-0.05, 0) is 31.5 Å². The minimum Gasteiger partial charge on any atom is -0.294 e. The van der Waals surface area contributed by atoms with Gasteiger partial charge in [0, 0.05) is 10.5 Å². The topological polar surface area (TPSA) is 17.1 Å². The molecule has 0 aliphatic heterocycles. The lowest BCUT2D eigenvalue weighted by Crippen LogP contribution is -1.97. The molecule has 0 bridgehead atoms. The molecular formula is C11H12OS. The van der Waals surface area contributed by atoms with E-state index in [-0.39, 0.29) is 5.78 Å². The number of carbonyl (C=O) groups excluding carboxylic acids is 1. The summed E-state index contributed by atoms with van der Waals surface area (Å²) in [5.74, 6) is 0.0499. The van der Waals surface area contributed by atoms with Gasteiger partial charge in [0.05, 0.1) is 0 Å². The van der Waals surface area contributed by atoms with Crippen LogP contribution in [0.4, 0.5) is 0 Å². The van der Waals surface area contributed by atoms with Crippen LogP contribution in [-0.2, 0) is 0 Å². The fraction of sp³-hybridized carbons (Fsp3) is 0.182. The molecule has 0 atom stereocenters. The zero-order chi connectivity index (χ0) is 10.0. The van der Waals surface area contributed by atoms with Gasteiger partial charge in [-0.3, -0.25) is 4.79 Å². The molecule has 0 amide bonds. The summed E-state index contributed by atoms with van der Waals surface area (Å²) in [6.45, 7) is 7.26. The van der Waals surface area contributed by atoms with Crippen LogP contribution in [0.5, 0.6) is 0 Å². The Bertz CT molecular complexity index is 366. The van der Waals surface area contributed by atoms with Gasteiger partial charge in [0.1, 0.15) is 0 Å². The van der Waals surface area contributed by atoms with Crippen molar-refractivity contribution in [3.63, 3.8) is 0 Å². The van der Waals surface area contributed by atoms with Crippen molar-refractivity contribution in [3.05, 3.63) is 35.9 Å². The molecule has 0 saturated carbocycles. The Labute approximate surface area is 83.9 Å². The Morgan fingerprint density at radius 2 is 1.92 bits per heavy atom. The fourth-order valence-corrected chi connectivity index (χ4v) is 1.40. The number of carbonyl (C=O) groups is 1. The Balaban J connectivity index is 3.35. The minimum absolute atomic E-state index is 0.0499. The van der Waals surface area contributed by atoms with E-state index >= 15 is 0 Å². The SMILES string of the molecule is C=C(C)c1ccc(S)cc1C(C)=O. The highest BCUT2D eigenvalue weighted by molar-refractivity contribution is 7.80. The number of benzene rings is 1. The third-order valence-corrected chi connectivity index (χ3v) is 2.12. The molecule has 0 N–H and O–H groups in total. The normalized spacial score (nSPS) is 9.77. The summed E-state index contributed by atoms with van der Waals surface area (Å²) in [6.07, 6.45) is 0. The van der Waals surface area contributed by atoms with Gasteiger partial charge in [-0.15, -0.1) is 12.6 Å². The van der Waals surface area contributed by atoms with Crippen molar-refractivity contribution in [2.45, 2.75) is 18.7 Å². The molecule has 13 heavy (non-hydrogen) atoms. The number of thiol groups is 1. The maximum atomic E-state index is 11.2. The van der Waals surface area contributed by atoms with Crippen LogP contribution in [0.25, 0.3) is 5.57 Å². The summed E-state index contributed by atoms with van der Waals surface area (Å²) in [7, 11) is 0. The van der Waals surface area contributed by atoms with E-state index < -0.39 is 0 Å². The summed E-state index contributed by atoms with van der Waals surface area (Å²) >= 11 is 4.18. The second-order valence-corrected chi connectivity index (χ2v) is 3.58. The maximum Gasteiger partial charge on any atom is 0.160 e. The molecule has 0 saturated heterocycles.